The molecule has 106 valence electrons. The van der Waals surface area contributed by atoms with Gasteiger partial charge in [-0.1, -0.05) is 12.1 Å². The van der Waals surface area contributed by atoms with Gasteiger partial charge in [-0.05, 0) is 25.1 Å². The van der Waals surface area contributed by atoms with Gasteiger partial charge in [-0.15, -0.1) is 0 Å². The fourth-order valence-electron chi connectivity index (χ4n) is 3.16. The number of para-hydroxylation sites is 1. The number of hydrogen-bond acceptors (Lipinski definition) is 2. The summed E-state index contributed by atoms with van der Waals surface area (Å²) < 4.78 is 2.21. The number of H-pyrrole nitrogens is 1. The summed E-state index contributed by atoms with van der Waals surface area (Å²) in [5.74, 6) is 0.0600. The average Bonchev–Trinajstić information content (AvgIpc) is 3.15. The molecule has 1 N–H and O–H groups in total. The van der Waals surface area contributed by atoms with Crippen molar-refractivity contribution in [1.29, 1.82) is 0 Å². The predicted molar refractivity (Wildman–Crippen MR) is 80.0 cm³/mol. The Balaban J connectivity index is 1.74. The molecular weight excluding hydrogens is 264 g/mol. The Morgan fingerprint density at radius 1 is 1.29 bits per heavy atom. The fraction of sp³-hybridized carbons (Fsp3) is 0.250. The quantitative estimate of drug-likeness (QED) is 0.745. The molecule has 1 atom stereocenters. The number of fused-ring (bicyclic) bond motifs is 2. The Labute approximate surface area is 122 Å². The summed E-state index contributed by atoms with van der Waals surface area (Å²) in [7, 11) is 0. The van der Waals surface area contributed by atoms with E-state index in [1.165, 1.54) is 5.69 Å². The highest BCUT2D eigenvalue weighted by atomic mass is 16.2. The minimum Gasteiger partial charge on any atom is -0.348 e. The monoisotopic (exact) mass is 280 g/mol. The molecule has 5 heteroatoms. The van der Waals surface area contributed by atoms with Gasteiger partial charge >= 0.3 is 0 Å². The second-order valence-corrected chi connectivity index (χ2v) is 5.44. The summed E-state index contributed by atoms with van der Waals surface area (Å²) in [6, 6.07) is 9.93. The number of aromatic amines is 1. The van der Waals surface area contributed by atoms with Gasteiger partial charge in [0.25, 0.3) is 5.91 Å². The number of carbonyl (C=O) groups is 1. The van der Waals surface area contributed by atoms with Crippen LogP contribution in [0.1, 0.15) is 29.0 Å². The van der Waals surface area contributed by atoms with E-state index in [9.17, 15) is 4.79 Å². The van der Waals surface area contributed by atoms with E-state index < -0.39 is 0 Å². The van der Waals surface area contributed by atoms with Crippen molar-refractivity contribution in [2.75, 3.05) is 6.54 Å². The van der Waals surface area contributed by atoms with Gasteiger partial charge in [0.05, 0.1) is 23.3 Å². The van der Waals surface area contributed by atoms with Crippen LogP contribution in [0.15, 0.2) is 42.7 Å². The zero-order valence-electron chi connectivity index (χ0n) is 11.8. The van der Waals surface area contributed by atoms with Gasteiger partial charge in [0.1, 0.15) is 0 Å². The highest BCUT2D eigenvalue weighted by molar-refractivity contribution is 6.05. The van der Waals surface area contributed by atoms with Crippen LogP contribution in [0.4, 0.5) is 0 Å². The lowest BCUT2D eigenvalue weighted by molar-refractivity contribution is 0.0646. The fourth-order valence-corrected chi connectivity index (χ4v) is 3.16. The number of nitrogens with one attached hydrogen (secondary N) is 1. The highest BCUT2D eigenvalue weighted by Crippen LogP contribution is 2.28. The van der Waals surface area contributed by atoms with Crippen LogP contribution in [0.2, 0.25) is 0 Å². The van der Waals surface area contributed by atoms with Gasteiger partial charge in [0, 0.05) is 30.4 Å². The summed E-state index contributed by atoms with van der Waals surface area (Å²) in [5, 5.41) is 7.94. The lowest BCUT2D eigenvalue weighted by Crippen LogP contribution is -2.40. The van der Waals surface area contributed by atoms with Crippen LogP contribution < -0.4 is 0 Å². The topological polar surface area (TPSA) is 53.9 Å². The third kappa shape index (κ3) is 1.77. The van der Waals surface area contributed by atoms with E-state index in [1.807, 2.05) is 29.2 Å². The smallest absolute Gasteiger partial charge is 0.256 e. The number of nitrogens with zero attached hydrogens (tertiary/aromatic N) is 3. The van der Waals surface area contributed by atoms with Crippen LogP contribution in [0.5, 0.6) is 0 Å². The number of amides is 1. The summed E-state index contributed by atoms with van der Waals surface area (Å²) >= 11 is 0. The van der Waals surface area contributed by atoms with Gasteiger partial charge in [-0.3, -0.25) is 9.89 Å². The van der Waals surface area contributed by atoms with Crippen molar-refractivity contribution in [2.24, 2.45) is 0 Å². The number of carbonyl (C=O) groups excluding carboxylic acids is 1. The first-order valence-electron chi connectivity index (χ1n) is 7.14. The van der Waals surface area contributed by atoms with E-state index in [-0.39, 0.29) is 11.9 Å². The third-order valence-electron chi connectivity index (χ3n) is 4.31. The Morgan fingerprint density at radius 3 is 3.10 bits per heavy atom. The molecule has 3 aromatic rings. The SMILES string of the molecule is CC1c2cccn2CCN1C(=O)c1cccc2cn[nH]c12. The molecule has 3 heterocycles. The summed E-state index contributed by atoms with van der Waals surface area (Å²) in [6.45, 7) is 3.65. The first kappa shape index (κ1) is 12.2. The van der Waals surface area contributed by atoms with Crippen LogP contribution in [0, 0.1) is 0 Å². The van der Waals surface area contributed by atoms with Crippen molar-refractivity contribution < 1.29 is 4.79 Å². The van der Waals surface area contributed by atoms with Crippen LogP contribution in [0.25, 0.3) is 10.9 Å². The van der Waals surface area contributed by atoms with Gasteiger partial charge in [0.15, 0.2) is 0 Å². The maximum Gasteiger partial charge on any atom is 0.256 e. The lowest BCUT2D eigenvalue weighted by atomic mass is 10.1. The Bertz CT molecular complexity index is 816. The third-order valence-corrected chi connectivity index (χ3v) is 4.31. The first-order valence-corrected chi connectivity index (χ1v) is 7.14. The number of rotatable bonds is 1. The van der Waals surface area contributed by atoms with E-state index in [0.717, 1.165) is 24.0 Å². The molecule has 1 aliphatic rings. The van der Waals surface area contributed by atoms with Gasteiger partial charge in [-0.25, -0.2) is 0 Å². The van der Waals surface area contributed by atoms with E-state index >= 15 is 0 Å². The molecule has 0 aliphatic carbocycles. The molecule has 1 unspecified atom stereocenters. The summed E-state index contributed by atoms with van der Waals surface area (Å²) in [6.07, 6.45) is 3.82. The van der Waals surface area contributed by atoms with E-state index in [0.29, 0.717) is 5.56 Å². The zero-order chi connectivity index (χ0) is 14.4. The molecule has 5 nitrogen and oxygen atoms in total. The summed E-state index contributed by atoms with van der Waals surface area (Å²) in [4.78, 5) is 14.9. The molecule has 0 saturated heterocycles. The molecule has 1 aliphatic heterocycles. The van der Waals surface area contributed by atoms with Crippen molar-refractivity contribution in [3.63, 3.8) is 0 Å². The summed E-state index contributed by atoms with van der Waals surface area (Å²) in [5.41, 5.74) is 2.69. The molecule has 0 saturated carbocycles. The molecule has 0 spiro atoms. The highest BCUT2D eigenvalue weighted by Gasteiger charge is 2.29. The normalized spacial score (nSPS) is 18.0. The van der Waals surface area contributed by atoms with Crippen molar-refractivity contribution in [3.05, 3.63) is 54.0 Å². The molecule has 0 radical (unpaired) electrons. The minimum atomic E-state index is 0.0600. The second-order valence-electron chi connectivity index (χ2n) is 5.44. The Morgan fingerprint density at radius 2 is 2.19 bits per heavy atom. The molecule has 1 aromatic carbocycles. The molecule has 2 aromatic heterocycles. The van der Waals surface area contributed by atoms with Crippen molar-refractivity contribution in [2.45, 2.75) is 19.5 Å². The van der Waals surface area contributed by atoms with Crippen LogP contribution >= 0.6 is 0 Å². The van der Waals surface area contributed by atoms with E-state index in [4.69, 9.17) is 0 Å². The largest absolute Gasteiger partial charge is 0.348 e. The Hall–Kier alpha value is -2.56. The van der Waals surface area contributed by atoms with Gasteiger partial charge in [0.2, 0.25) is 0 Å². The van der Waals surface area contributed by atoms with Crippen molar-refractivity contribution in [3.8, 4) is 0 Å². The minimum absolute atomic E-state index is 0.0600. The Kier molecular flexibility index (Phi) is 2.60. The van der Waals surface area contributed by atoms with Crippen LogP contribution in [0.3, 0.4) is 0 Å². The molecular formula is C16H16N4O. The molecule has 4 rings (SSSR count). The first-order chi connectivity index (χ1) is 10.3. The molecule has 21 heavy (non-hydrogen) atoms. The molecule has 0 bridgehead atoms. The zero-order valence-corrected chi connectivity index (χ0v) is 11.8. The van der Waals surface area contributed by atoms with Gasteiger partial charge < -0.3 is 9.47 Å². The number of aromatic nitrogens is 3. The number of benzene rings is 1. The average molecular weight is 280 g/mol. The number of hydrogen-bond donors (Lipinski definition) is 1. The maximum atomic E-state index is 12.9. The second kappa shape index (κ2) is 4.48. The molecule has 1 amide bonds. The lowest BCUT2D eigenvalue weighted by Gasteiger charge is -2.35. The van der Waals surface area contributed by atoms with E-state index in [1.54, 1.807) is 6.20 Å². The van der Waals surface area contributed by atoms with Gasteiger partial charge in [-0.2, -0.15) is 5.10 Å². The standard InChI is InChI=1S/C16H16N4O/c1-11-14-6-3-7-19(14)8-9-20(11)16(21)13-5-2-4-12-10-17-18-15(12)13/h2-7,10-11H,8-9H2,1H3,(H,17,18). The van der Waals surface area contributed by atoms with Crippen molar-refractivity contribution in [1.82, 2.24) is 19.7 Å². The maximum absolute atomic E-state index is 12.9. The predicted octanol–water partition coefficient (Wildman–Crippen LogP) is 2.58. The van der Waals surface area contributed by atoms with Crippen molar-refractivity contribution >= 4 is 16.8 Å². The van der Waals surface area contributed by atoms with E-state index in [2.05, 4.69) is 34.0 Å². The van der Waals surface area contributed by atoms with Crippen LogP contribution in [-0.4, -0.2) is 32.1 Å². The van der Waals surface area contributed by atoms with Crippen LogP contribution in [-0.2, 0) is 6.54 Å². The molecule has 0 fully saturated rings.